The normalized spacial score (nSPS) is 32.9. The lowest BCUT2D eigenvalue weighted by molar-refractivity contribution is -0.130. The first-order valence-electron chi connectivity index (χ1n) is 9.68. The highest BCUT2D eigenvalue weighted by Crippen LogP contribution is 2.58. The predicted molar refractivity (Wildman–Crippen MR) is 105 cm³/mol. The first-order chi connectivity index (χ1) is 10.8. The van der Waals surface area contributed by atoms with Crippen LogP contribution in [0.2, 0.25) is 18.1 Å². The van der Waals surface area contributed by atoms with Crippen molar-refractivity contribution in [1.29, 1.82) is 0 Å². The molecule has 3 heteroatoms. The Balaban J connectivity index is 2.00. The fourth-order valence-corrected chi connectivity index (χ4v) is 5.51. The number of hydrogen-bond donors (Lipinski definition) is 0. The molecular formula is C21H38O2Si. The lowest BCUT2D eigenvalue weighted by Gasteiger charge is -2.46. The zero-order chi connectivity index (χ0) is 18.4. The van der Waals surface area contributed by atoms with Gasteiger partial charge in [0, 0.05) is 18.9 Å². The van der Waals surface area contributed by atoms with Crippen molar-refractivity contribution in [3.63, 3.8) is 0 Å². The van der Waals surface area contributed by atoms with Gasteiger partial charge in [-0.25, -0.2) is 0 Å². The van der Waals surface area contributed by atoms with Crippen molar-refractivity contribution in [2.75, 3.05) is 6.61 Å². The molecule has 0 bridgehead atoms. The standard InChI is InChI=1S/C21H38O2Si/c1-16-15-21(10-9-13-23-24(7,8)19(2,3)4)12-11-20(5,6)18(21)14-17(16)22/h11-12,16,18H,9-10,13-15H2,1-8H3/t16?,18-,21-/m1/s1. The number of fused-ring (bicyclic) bond motifs is 1. The van der Waals surface area contributed by atoms with Crippen molar-refractivity contribution in [3.05, 3.63) is 12.2 Å². The molecule has 138 valence electrons. The molecule has 2 aliphatic rings. The van der Waals surface area contributed by atoms with Crippen molar-refractivity contribution in [3.8, 4) is 0 Å². The van der Waals surface area contributed by atoms with E-state index in [9.17, 15) is 4.79 Å². The van der Waals surface area contributed by atoms with E-state index in [0.29, 0.717) is 11.7 Å². The van der Waals surface area contributed by atoms with Gasteiger partial charge in [-0.1, -0.05) is 53.7 Å². The van der Waals surface area contributed by atoms with Crippen LogP contribution < -0.4 is 0 Å². The van der Waals surface area contributed by atoms with Crippen molar-refractivity contribution in [2.45, 2.75) is 85.4 Å². The van der Waals surface area contributed by atoms with E-state index in [2.05, 4.69) is 66.8 Å². The van der Waals surface area contributed by atoms with Gasteiger partial charge in [-0.3, -0.25) is 4.79 Å². The second-order valence-corrected chi connectivity index (χ2v) is 15.2. The zero-order valence-electron chi connectivity index (χ0n) is 17.2. The smallest absolute Gasteiger partial charge is 0.191 e. The lowest BCUT2D eigenvalue weighted by atomic mass is 9.58. The Bertz CT molecular complexity index is 512. The molecule has 0 amide bonds. The second kappa shape index (κ2) is 6.39. The van der Waals surface area contributed by atoms with Gasteiger partial charge in [-0.2, -0.15) is 0 Å². The van der Waals surface area contributed by atoms with Crippen LogP contribution in [0.25, 0.3) is 0 Å². The summed E-state index contributed by atoms with van der Waals surface area (Å²) in [5.74, 6) is 1.15. The van der Waals surface area contributed by atoms with E-state index in [0.717, 1.165) is 32.3 Å². The third-order valence-electron chi connectivity index (χ3n) is 7.13. The number of Topliss-reactive ketones (excluding diaryl/α,β-unsaturated/α-hetero) is 1. The maximum absolute atomic E-state index is 12.3. The van der Waals surface area contributed by atoms with E-state index in [1.54, 1.807) is 0 Å². The minimum absolute atomic E-state index is 0.149. The maximum Gasteiger partial charge on any atom is 0.191 e. The highest BCUT2D eigenvalue weighted by molar-refractivity contribution is 6.74. The van der Waals surface area contributed by atoms with Gasteiger partial charge >= 0.3 is 0 Å². The molecule has 0 radical (unpaired) electrons. The molecule has 24 heavy (non-hydrogen) atoms. The van der Waals surface area contributed by atoms with E-state index >= 15 is 0 Å². The first-order valence-corrected chi connectivity index (χ1v) is 12.6. The Morgan fingerprint density at radius 1 is 1.25 bits per heavy atom. The Morgan fingerprint density at radius 3 is 2.46 bits per heavy atom. The fraction of sp³-hybridized carbons (Fsp3) is 0.857. The molecule has 0 aliphatic heterocycles. The van der Waals surface area contributed by atoms with Gasteiger partial charge in [0.1, 0.15) is 5.78 Å². The van der Waals surface area contributed by atoms with Crippen LogP contribution in [-0.2, 0) is 9.22 Å². The monoisotopic (exact) mass is 350 g/mol. The van der Waals surface area contributed by atoms with Gasteiger partial charge in [0.15, 0.2) is 8.32 Å². The van der Waals surface area contributed by atoms with Gasteiger partial charge < -0.3 is 4.43 Å². The zero-order valence-corrected chi connectivity index (χ0v) is 18.2. The summed E-state index contributed by atoms with van der Waals surface area (Å²) in [4.78, 5) is 12.3. The van der Waals surface area contributed by atoms with Gasteiger partial charge in [-0.15, -0.1) is 0 Å². The number of carbonyl (C=O) groups is 1. The molecule has 0 saturated heterocycles. The molecule has 2 rings (SSSR count). The van der Waals surface area contributed by atoms with Crippen molar-refractivity contribution in [1.82, 2.24) is 0 Å². The van der Waals surface area contributed by atoms with E-state index in [4.69, 9.17) is 4.43 Å². The van der Waals surface area contributed by atoms with Gasteiger partial charge in [0.05, 0.1) is 0 Å². The molecular weight excluding hydrogens is 312 g/mol. The van der Waals surface area contributed by atoms with Crippen LogP contribution in [0.4, 0.5) is 0 Å². The van der Waals surface area contributed by atoms with E-state index in [1.165, 1.54) is 0 Å². The topological polar surface area (TPSA) is 26.3 Å². The highest BCUT2D eigenvalue weighted by atomic mass is 28.4. The van der Waals surface area contributed by atoms with Crippen LogP contribution >= 0.6 is 0 Å². The van der Waals surface area contributed by atoms with Crippen molar-refractivity contribution >= 4 is 14.1 Å². The molecule has 0 aromatic rings. The third-order valence-corrected chi connectivity index (χ3v) is 11.7. The summed E-state index contributed by atoms with van der Waals surface area (Å²) < 4.78 is 6.38. The summed E-state index contributed by atoms with van der Waals surface area (Å²) in [5.41, 5.74) is 0.365. The van der Waals surface area contributed by atoms with Gasteiger partial charge in [-0.05, 0) is 54.1 Å². The van der Waals surface area contributed by atoms with Gasteiger partial charge in [0.2, 0.25) is 0 Å². The maximum atomic E-state index is 12.3. The molecule has 0 N–H and O–H groups in total. The number of hydrogen-bond acceptors (Lipinski definition) is 2. The van der Waals surface area contributed by atoms with Crippen LogP contribution in [0.15, 0.2) is 12.2 Å². The SMILES string of the molecule is CC1C[C@@]2(CCCO[Si](C)(C)C(C)(C)C)C=CC(C)(C)[C@H]2CC1=O. The third kappa shape index (κ3) is 3.72. The minimum Gasteiger partial charge on any atom is -0.417 e. The van der Waals surface area contributed by atoms with Crippen LogP contribution in [-0.4, -0.2) is 20.7 Å². The van der Waals surface area contributed by atoms with Crippen LogP contribution in [0.3, 0.4) is 0 Å². The summed E-state index contributed by atoms with van der Waals surface area (Å²) in [6, 6.07) is 0. The Hall–Kier alpha value is -0.413. The lowest BCUT2D eigenvalue weighted by Crippen LogP contribution is -2.43. The minimum atomic E-state index is -1.65. The average molecular weight is 351 g/mol. The fourth-order valence-electron chi connectivity index (χ4n) is 4.42. The predicted octanol–water partition coefficient (Wildman–Crippen LogP) is 5.99. The summed E-state index contributed by atoms with van der Waals surface area (Å²) >= 11 is 0. The van der Waals surface area contributed by atoms with E-state index < -0.39 is 8.32 Å². The Morgan fingerprint density at radius 2 is 1.88 bits per heavy atom. The average Bonchev–Trinajstić information content (AvgIpc) is 2.68. The molecule has 0 aromatic heterocycles. The second-order valence-electron chi connectivity index (χ2n) is 10.4. The molecule has 0 aromatic carbocycles. The van der Waals surface area contributed by atoms with Crippen LogP contribution in [0, 0.1) is 22.7 Å². The molecule has 2 aliphatic carbocycles. The van der Waals surface area contributed by atoms with Crippen molar-refractivity contribution < 1.29 is 9.22 Å². The summed E-state index contributed by atoms with van der Waals surface area (Å²) in [6.07, 6.45) is 8.86. The molecule has 0 spiro atoms. The Kier molecular flexibility index (Phi) is 5.30. The largest absolute Gasteiger partial charge is 0.417 e. The molecule has 1 saturated carbocycles. The summed E-state index contributed by atoms with van der Waals surface area (Å²) in [6.45, 7) is 19.1. The molecule has 1 unspecified atom stereocenters. The summed E-state index contributed by atoms with van der Waals surface area (Å²) in [5, 5.41) is 0.273. The number of rotatable bonds is 5. The quantitative estimate of drug-likeness (QED) is 0.346. The highest BCUT2D eigenvalue weighted by Gasteiger charge is 2.52. The van der Waals surface area contributed by atoms with Crippen LogP contribution in [0.5, 0.6) is 0 Å². The number of carbonyl (C=O) groups excluding carboxylic acids is 1. The van der Waals surface area contributed by atoms with Crippen LogP contribution in [0.1, 0.15) is 67.2 Å². The molecule has 3 atom stereocenters. The van der Waals surface area contributed by atoms with Gasteiger partial charge in [0.25, 0.3) is 0 Å². The van der Waals surface area contributed by atoms with E-state index in [1.807, 2.05) is 0 Å². The number of ketones is 1. The molecule has 1 fully saturated rings. The molecule has 2 nitrogen and oxygen atoms in total. The summed E-state index contributed by atoms with van der Waals surface area (Å²) in [7, 11) is -1.65. The Labute approximate surface area is 150 Å². The van der Waals surface area contributed by atoms with Crippen molar-refractivity contribution in [2.24, 2.45) is 22.7 Å². The molecule has 0 heterocycles. The number of allylic oxidation sites excluding steroid dienone is 2. The first kappa shape index (κ1) is 19.9. The van der Waals surface area contributed by atoms with E-state index in [-0.39, 0.29) is 21.8 Å².